The van der Waals surface area contributed by atoms with E-state index in [1.165, 1.54) is 0 Å². The van der Waals surface area contributed by atoms with Gasteiger partial charge in [-0.2, -0.15) is 10.4 Å². The molecule has 5 nitrogen and oxygen atoms in total. The van der Waals surface area contributed by atoms with Crippen LogP contribution >= 0.6 is 0 Å². The molecule has 23 heavy (non-hydrogen) atoms. The van der Waals surface area contributed by atoms with Crippen LogP contribution < -0.4 is 5.46 Å². The van der Waals surface area contributed by atoms with Gasteiger partial charge in [-0.1, -0.05) is 0 Å². The van der Waals surface area contributed by atoms with E-state index < -0.39 is 18.3 Å². The Morgan fingerprint density at radius 2 is 1.78 bits per heavy atom. The van der Waals surface area contributed by atoms with Crippen LogP contribution in [0.5, 0.6) is 0 Å². The minimum Gasteiger partial charge on any atom is -0.399 e. The van der Waals surface area contributed by atoms with E-state index >= 15 is 0 Å². The zero-order valence-electron chi connectivity index (χ0n) is 14.1. The minimum atomic E-state index is -0.497. The van der Waals surface area contributed by atoms with Gasteiger partial charge in [0.15, 0.2) is 0 Å². The van der Waals surface area contributed by atoms with Crippen LogP contribution in [0, 0.1) is 18.3 Å². The van der Waals surface area contributed by atoms with Crippen LogP contribution in [-0.2, 0) is 9.31 Å². The molecule has 0 bridgehead atoms. The molecule has 0 atom stereocenters. The van der Waals surface area contributed by atoms with E-state index in [-0.39, 0.29) is 0 Å². The Bertz CT molecular complexity index is 773. The molecule has 1 saturated heterocycles. The average Bonchev–Trinajstić information content (AvgIpc) is 3.00. The summed E-state index contributed by atoms with van der Waals surface area (Å²) in [7, 11) is -0.497. The first-order valence-corrected chi connectivity index (χ1v) is 7.64. The summed E-state index contributed by atoms with van der Waals surface area (Å²) >= 11 is 0. The van der Waals surface area contributed by atoms with Gasteiger partial charge in [-0.25, -0.2) is 4.68 Å². The highest BCUT2D eigenvalue weighted by atomic mass is 16.7. The molecule has 0 aliphatic carbocycles. The Balaban J connectivity index is 2.02. The van der Waals surface area contributed by atoms with E-state index in [1.807, 2.05) is 52.9 Å². The largest absolute Gasteiger partial charge is 0.494 e. The Labute approximate surface area is 137 Å². The molecule has 0 saturated carbocycles. The third kappa shape index (κ3) is 2.78. The van der Waals surface area contributed by atoms with Gasteiger partial charge in [0.2, 0.25) is 0 Å². The van der Waals surface area contributed by atoms with E-state index in [0.717, 1.165) is 16.7 Å². The maximum Gasteiger partial charge on any atom is 0.494 e. The Morgan fingerprint density at radius 1 is 1.13 bits per heavy atom. The molecule has 0 amide bonds. The van der Waals surface area contributed by atoms with E-state index in [0.29, 0.717) is 5.56 Å². The van der Waals surface area contributed by atoms with Gasteiger partial charge in [0.25, 0.3) is 0 Å². The Morgan fingerprint density at radius 3 is 2.30 bits per heavy atom. The first-order chi connectivity index (χ1) is 10.7. The van der Waals surface area contributed by atoms with Gasteiger partial charge < -0.3 is 9.31 Å². The molecule has 0 N–H and O–H groups in total. The number of hydrogen-bond acceptors (Lipinski definition) is 4. The maximum absolute atomic E-state index is 9.33. The number of aryl methyl sites for hydroxylation is 1. The van der Waals surface area contributed by atoms with Crippen molar-refractivity contribution in [2.45, 2.75) is 45.8 Å². The second-order valence-corrected chi connectivity index (χ2v) is 6.98. The fourth-order valence-electron chi connectivity index (χ4n) is 2.50. The molecule has 1 fully saturated rings. The van der Waals surface area contributed by atoms with E-state index in [9.17, 15) is 5.26 Å². The number of hydrogen-bond donors (Lipinski definition) is 0. The first-order valence-electron chi connectivity index (χ1n) is 7.64. The fraction of sp³-hybridized carbons (Fsp3) is 0.412. The molecule has 1 aromatic carbocycles. The number of aromatic nitrogens is 2. The summed E-state index contributed by atoms with van der Waals surface area (Å²) < 4.78 is 13.9. The van der Waals surface area contributed by atoms with Crippen LogP contribution in [-0.4, -0.2) is 28.1 Å². The highest BCUT2D eigenvalue weighted by Gasteiger charge is 2.51. The molecule has 2 heterocycles. The number of nitriles is 1. The second-order valence-electron chi connectivity index (χ2n) is 6.98. The lowest BCUT2D eigenvalue weighted by molar-refractivity contribution is 0.00578. The van der Waals surface area contributed by atoms with Crippen molar-refractivity contribution in [3.63, 3.8) is 0 Å². The molecule has 118 valence electrons. The molecule has 0 spiro atoms. The monoisotopic (exact) mass is 309 g/mol. The summed E-state index contributed by atoms with van der Waals surface area (Å²) in [5, 5.41) is 13.6. The molecular formula is C17H20BN3O2. The SMILES string of the molecule is Cc1cnn(-c2cc(C#N)cc(B3OC(C)(C)C(C)(C)O3)c2)c1. The summed E-state index contributed by atoms with van der Waals surface area (Å²) in [4.78, 5) is 0. The van der Waals surface area contributed by atoms with Crippen molar-refractivity contribution in [1.82, 2.24) is 9.78 Å². The normalized spacial score (nSPS) is 18.9. The Kier molecular flexibility index (Phi) is 3.59. The summed E-state index contributed by atoms with van der Waals surface area (Å²) in [5.41, 5.74) is 2.43. The van der Waals surface area contributed by atoms with Crippen LogP contribution in [0.4, 0.5) is 0 Å². The van der Waals surface area contributed by atoms with Gasteiger partial charge in [0.1, 0.15) is 0 Å². The fourth-order valence-corrected chi connectivity index (χ4v) is 2.50. The summed E-state index contributed by atoms with van der Waals surface area (Å²) in [5.74, 6) is 0. The van der Waals surface area contributed by atoms with Crippen LogP contribution in [0.1, 0.15) is 38.8 Å². The van der Waals surface area contributed by atoms with Crippen LogP contribution in [0.25, 0.3) is 5.69 Å². The van der Waals surface area contributed by atoms with Crippen molar-refractivity contribution in [2.24, 2.45) is 0 Å². The maximum atomic E-state index is 9.33. The zero-order chi connectivity index (χ0) is 16.8. The zero-order valence-corrected chi connectivity index (χ0v) is 14.1. The topological polar surface area (TPSA) is 60.1 Å². The van der Waals surface area contributed by atoms with Crippen LogP contribution in [0.15, 0.2) is 30.6 Å². The van der Waals surface area contributed by atoms with Gasteiger partial charge in [0, 0.05) is 6.20 Å². The summed E-state index contributed by atoms with van der Waals surface area (Å²) in [6.45, 7) is 10.0. The van der Waals surface area contributed by atoms with Crippen molar-refractivity contribution >= 4 is 12.6 Å². The smallest absolute Gasteiger partial charge is 0.399 e. The molecule has 3 rings (SSSR count). The number of nitrogens with zero attached hydrogens (tertiary/aromatic N) is 3. The minimum absolute atomic E-state index is 0.414. The first kappa shape index (κ1) is 15.8. The van der Waals surface area contributed by atoms with Crippen molar-refractivity contribution in [1.29, 1.82) is 5.26 Å². The lowest BCUT2D eigenvalue weighted by Crippen LogP contribution is -2.41. The predicted molar refractivity (Wildman–Crippen MR) is 88.7 cm³/mol. The molecule has 1 aliphatic heterocycles. The summed E-state index contributed by atoms with van der Waals surface area (Å²) in [6.07, 6.45) is 3.71. The van der Waals surface area contributed by atoms with Gasteiger partial charge >= 0.3 is 7.12 Å². The van der Waals surface area contributed by atoms with Crippen molar-refractivity contribution < 1.29 is 9.31 Å². The number of benzene rings is 1. The van der Waals surface area contributed by atoms with E-state index in [2.05, 4.69) is 11.2 Å². The van der Waals surface area contributed by atoms with E-state index in [1.54, 1.807) is 16.9 Å². The predicted octanol–water partition coefficient (Wildman–Crippen LogP) is 2.35. The second kappa shape index (κ2) is 5.22. The third-order valence-electron chi connectivity index (χ3n) is 4.57. The van der Waals surface area contributed by atoms with Gasteiger partial charge in [0.05, 0.1) is 34.7 Å². The van der Waals surface area contributed by atoms with Gasteiger partial charge in [-0.15, -0.1) is 0 Å². The van der Waals surface area contributed by atoms with Gasteiger partial charge in [-0.3, -0.25) is 0 Å². The molecule has 0 unspecified atom stereocenters. The molecule has 1 aliphatic rings. The summed E-state index contributed by atoms with van der Waals surface area (Å²) in [6, 6.07) is 7.77. The van der Waals surface area contributed by atoms with E-state index in [4.69, 9.17) is 9.31 Å². The lowest BCUT2D eigenvalue weighted by atomic mass is 9.78. The third-order valence-corrected chi connectivity index (χ3v) is 4.57. The number of rotatable bonds is 2. The highest BCUT2D eigenvalue weighted by molar-refractivity contribution is 6.62. The van der Waals surface area contributed by atoms with Gasteiger partial charge in [-0.05, 0) is 63.8 Å². The molecule has 6 heteroatoms. The van der Waals surface area contributed by atoms with Crippen LogP contribution in [0.2, 0.25) is 0 Å². The van der Waals surface area contributed by atoms with Crippen LogP contribution in [0.3, 0.4) is 0 Å². The molecule has 2 aromatic rings. The highest BCUT2D eigenvalue weighted by Crippen LogP contribution is 2.36. The van der Waals surface area contributed by atoms with Crippen molar-refractivity contribution in [3.8, 4) is 11.8 Å². The molecule has 0 radical (unpaired) electrons. The Hall–Kier alpha value is -2.10. The molecule has 1 aromatic heterocycles. The lowest BCUT2D eigenvalue weighted by Gasteiger charge is -2.32. The quantitative estimate of drug-likeness (QED) is 0.799. The van der Waals surface area contributed by atoms with Crippen molar-refractivity contribution in [2.75, 3.05) is 0 Å². The standard InChI is InChI=1S/C17H20BN3O2/c1-12-10-20-21(11-12)15-7-13(9-19)6-14(8-15)18-22-16(2,3)17(4,5)23-18/h6-8,10-11H,1-5H3. The van der Waals surface area contributed by atoms with Crippen molar-refractivity contribution in [3.05, 3.63) is 41.7 Å². The average molecular weight is 309 g/mol. The molecular weight excluding hydrogens is 289 g/mol.